The number of oxime groups is 2. The molecule has 0 aromatic rings. The number of aliphatic hydroxyl groups excluding tert-OH is 1. The third-order valence-corrected chi connectivity index (χ3v) is 2.52. The second-order valence-corrected chi connectivity index (χ2v) is 3.13. The van der Waals surface area contributed by atoms with Gasteiger partial charge in [-0.15, -0.1) is 0 Å². The quantitative estimate of drug-likeness (QED) is 0.338. The van der Waals surface area contributed by atoms with Gasteiger partial charge in [-0.2, -0.15) is 0 Å². The summed E-state index contributed by atoms with van der Waals surface area (Å²) in [5, 5.41) is 33.2. The van der Waals surface area contributed by atoms with E-state index >= 15 is 0 Å². The summed E-state index contributed by atoms with van der Waals surface area (Å²) in [5.41, 5.74) is 0.0141. The van der Waals surface area contributed by atoms with Crippen LogP contribution >= 0.6 is 0 Å². The monoisotopic (exact) mass is 218 g/mol. The van der Waals surface area contributed by atoms with Crippen molar-refractivity contribution < 1.29 is 25.0 Å². The van der Waals surface area contributed by atoms with Crippen LogP contribution in [0.1, 0.15) is 12.8 Å². The summed E-state index contributed by atoms with van der Waals surface area (Å²) in [7, 11) is 2.61. The Hall–Kier alpha value is -1.18. The molecule has 1 fully saturated rings. The highest BCUT2D eigenvalue weighted by Gasteiger charge is 2.50. The first-order chi connectivity index (χ1) is 7.16. The molecular formula is C8H14N2O5. The number of aliphatic hydroxyl groups is 1. The maximum Gasteiger partial charge on any atom is 0.244 e. The fraction of sp³-hybridized carbons (Fsp3) is 0.750. The molecule has 1 saturated carbocycles. The van der Waals surface area contributed by atoms with Crippen molar-refractivity contribution >= 4 is 11.4 Å². The van der Waals surface area contributed by atoms with Crippen molar-refractivity contribution in [2.45, 2.75) is 24.7 Å². The fourth-order valence-corrected chi connectivity index (χ4v) is 1.71. The molecule has 0 aromatic heterocycles. The van der Waals surface area contributed by atoms with Gasteiger partial charge in [-0.05, 0) is 12.8 Å². The van der Waals surface area contributed by atoms with Gasteiger partial charge in [-0.3, -0.25) is 0 Å². The first-order valence-electron chi connectivity index (χ1n) is 4.38. The molecule has 1 aliphatic rings. The summed E-state index contributed by atoms with van der Waals surface area (Å²) >= 11 is 0. The average molecular weight is 218 g/mol. The average Bonchev–Trinajstić information content (AvgIpc) is 2.28. The molecule has 0 radical (unpaired) electrons. The number of hydrogen-bond donors (Lipinski definition) is 3. The molecule has 0 heterocycles. The third kappa shape index (κ3) is 1.69. The smallest absolute Gasteiger partial charge is 0.244 e. The van der Waals surface area contributed by atoms with E-state index in [1.807, 2.05) is 0 Å². The highest BCUT2D eigenvalue weighted by molar-refractivity contribution is 6.45. The van der Waals surface area contributed by atoms with E-state index in [-0.39, 0.29) is 17.8 Å². The van der Waals surface area contributed by atoms with Crippen LogP contribution < -0.4 is 0 Å². The Morgan fingerprint density at radius 1 is 1.27 bits per heavy atom. The van der Waals surface area contributed by atoms with Crippen molar-refractivity contribution in [3.05, 3.63) is 0 Å². The minimum Gasteiger partial charge on any atom is -0.411 e. The molecule has 1 unspecified atom stereocenters. The van der Waals surface area contributed by atoms with E-state index in [0.29, 0.717) is 6.42 Å². The van der Waals surface area contributed by atoms with Gasteiger partial charge in [0.25, 0.3) is 0 Å². The molecule has 7 heteroatoms. The highest BCUT2D eigenvalue weighted by Crippen LogP contribution is 2.29. The number of hydrogen-bond acceptors (Lipinski definition) is 7. The minimum atomic E-state index is -1.57. The summed E-state index contributed by atoms with van der Waals surface area (Å²) in [4.78, 5) is 0. The van der Waals surface area contributed by atoms with E-state index in [4.69, 9.17) is 19.9 Å². The second-order valence-electron chi connectivity index (χ2n) is 3.13. The molecule has 7 nitrogen and oxygen atoms in total. The topological polar surface area (TPSA) is 104 Å². The van der Waals surface area contributed by atoms with Gasteiger partial charge >= 0.3 is 0 Å². The van der Waals surface area contributed by atoms with Crippen molar-refractivity contribution in [2.24, 2.45) is 10.3 Å². The Labute approximate surface area is 86.6 Å². The van der Waals surface area contributed by atoms with Crippen molar-refractivity contribution in [3.63, 3.8) is 0 Å². The summed E-state index contributed by atoms with van der Waals surface area (Å²) in [5.74, 6) is -1.57. The van der Waals surface area contributed by atoms with E-state index in [9.17, 15) is 5.11 Å². The van der Waals surface area contributed by atoms with Crippen LogP contribution in [-0.4, -0.2) is 53.1 Å². The SMILES string of the molecule is COC1(OC)C(=N/O)/C(=N/O)CCC1O. The van der Waals surface area contributed by atoms with E-state index in [1.54, 1.807) is 0 Å². The zero-order valence-electron chi connectivity index (χ0n) is 8.54. The van der Waals surface area contributed by atoms with Crippen molar-refractivity contribution in [1.29, 1.82) is 0 Å². The Morgan fingerprint density at radius 2 is 1.87 bits per heavy atom. The Bertz CT molecular complexity index is 285. The fourth-order valence-electron chi connectivity index (χ4n) is 1.71. The van der Waals surface area contributed by atoms with Crippen LogP contribution in [0.2, 0.25) is 0 Å². The van der Waals surface area contributed by atoms with Gasteiger partial charge in [0.15, 0.2) is 5.71 Å². The molecule has 0 spiro atoms. The lowest BCUT2D eigenvalue weighted by Crippen LogP contribution is -2.58. The molecule has 0 amide bonds. The lowest BCUT2D eigenvalue weighted by atomic mass is 9.87. The predicted octanol–water partition coefficient (Wildman–Crippen LogP) is -0.209. The first kappa shape index (κ1) is 11.9. The van der Waals surface area contributed by atoms with Crippen molar-refractivity contribution in [1.82, 2.24) is 0 Å². The first-order valence-corrected chi connectivity index (χ1v) is 4.38. The lowest BCUT2D eigenvalue weighted by molar-refractivity contribution is -0.213. The van der Waals surface area contributed by atoms with Crippen LogP contribution in [0.25, 0.3) is 0 Å². The van der Waals surface area contributed by atoms with Gasteiger partial charge in [-0.1, -0.05) is 10.3 Å². The number of ether oxygens (including phenoxy) is 2. The minimum absolute atomic E-state index is 0.117. The van der Waals surface area contributed by atoms with E-state index < -0.39 is 11.9 Å². The van der Waals surface area contributed by atoms with Crippen LogP contribution in [0.4, 0.5) is 0 Å². The van der Waals surface area contributed by atoms with Gasteiger partial charge in [0.2, 0.25) is 5.79 Å². The van der Waals surface area contributed by atoms with Gasteiger partial charge in [0.1, 0.15) is 11.8 Å². The third-order valence-electron chi connectivity index (χ3n) is 2.52. The summed E-state index contributed by atoms with van der Waals surface area (Å²) in [6.07, 6.45) is -0.407. The van der Waals surface area contributed by atoms with Crippen LogP contribution in [0.5, 0.6) is 0 Å². The Kier molecular flexibility index (Phi) is 3.61. The lowest BCUT2D eigenvalue weighted by Gasteiger charge is -2.38. The summed E-state index contributed by atoms with van der Waals surface area (Å²) < 4.78 is 10.0. The van der Waals surface area contributed by atoms with Crippen LogP contribution in [0.3, 0.4) is 0 Å². The normalized spacial score (nSPS) is 31.0. The zero-order chi connectivity index (χ0) is 11.5. The second kappa shape index (κ2) is 4.56. The standard InChI is InChI=1S/C8H14N2O5/c1-14-8(15-2)6(11)4-3-5(9-12)7(8)10-13/h6,11-13H,3-4H2,1-2H3/b9-5+,10-7+. The van der Waals surface area contributed by atoms with Gasteiger partial charge < -0.3 is 25.0 Å². The molecule has 3 N–H and O–H groups in total. The Morgan fingerprint density at radius 3 is 2.27 bits per heavy atom. The zero-order valence-corrected chi connectivity index (χ0v) is 8.54. The van der Waals surface area contributed by atoms with Crippen molar-refractivity contribution in [2.75, 3.05) is 14.2 Å². The van der Waals surface area contributed by atoms with Gasteiger partial charge in [-0.25, -0.2) is 0 Å². The number of rotatable bonds is 2. The maximum atomic E-state index is 9.76. The largest absolute Gasteiger partial charge is 0.411 e. The molecule has 0 aromatic carbocycles. The molecule has 0 bridgehead atoms. The molecule has 1 aliphatic carbocycles. The highest BCUT2D eigenvalue weighted by atomic mass is 16.7. The molecule has 0 aliphatic heterocycles. The van der Waals surface area contributed by atoms with Crippen LogP contribution in [0.15, 0.2) is 10.3 Å². The van der Waals surface area contributed by atoms with Gasteiger partial charge in [0, 0.05) is 14.2 Å². The van der Waals surface area contributed by atoms with Crippen LogP contribution in [-0.2, 0) is 9.47 Å². The molecule has 15 heavy (non-hydrogen) atoms. The maximum absolute atomic E-state index is 9.76. The van der Waals surface area contributed by atoms with Crippen LogP contribution in [0, 0.1) is 0 Å². The molecule has 1 rings (SSSR count). The molecule has 86 valence electrons. The molecule has 0 saturated heterocycles. The van der Waals surface area contributed by atoms with E-state index in [0.717, 1.165) is 0 Å². The molecular weight excluding hydrogens is 204 g/mol. The van der Waals surface area contributed by atoms with E-state index in [2.05, 4.69) is 10.3 Å². The Balaban J connectivity index is 3.18. The summed E-state index contributed by atoms with van der Waals surface area (Å²) in [6, 6.07) is 0. The van der Waals surface area contributed by atoms with Gasteiger partial charge in [0.05, 0.1) is 0 Å². The number of nitrogens with zero attached hydrogens (tertiary/aromatic N) is 2. The van der Waals surface area contributed by atoms with E-state index in [1.165, 1.54) is 14.2 Å². The van der Waals surface area contributed by atoms with Crippen molar-refractivity contribution in [3.8, 4) is 0 Å². The summed E-state index contributed by atoms with van der Waals surface area (Å²) in [6.45, 7) is 0. The number of methoxy groups -OCH3 is 2. The molecule has 1 atom stereocenters. The predicted molar refractivity (Wildman–Crippen MR) is 50.4 cm³/mol.